The zero-order valence-electron chi connectivity index (χ0n) is 26.5. The van der Waals surface area contributed by atoms with E-state index in [1.165, 1.54) is 35.2 Å². The molecule has 10 heteroatoms. The highest BCUT2D eigenvalue weighted by Gasteiger charge is 2.35. The third-order valence-corrected chi connectivity index (χ3v) is 11.0. The maximum Gasteiger partial charge on any atom is 0.264 e. The van der Waals surface area contributed by atoms with Crippen LogP contribution in [0.4, 0.5) is 5.69 Å². The van der Waals surface area contributed by atoms with E-state index in [9.17, 15) is 18.0 Å². The Morgan fingerprint density at radius 3 is 2.15 bits per heavy atom. The van der Waals surface area contributed by atoms with Crippen molar-refractivity contribution in [3.8, 4) is 0 Å². The second-order valence-corrected chi connectivity index (χ2v) is 14.8. The highest BCUT2D eigenvalue weighted by atomic mass is 35.5. The van der Waals surface area contributed by atoms with Crippen LogP contribution >= 0.6 is 23.2 Å². The van der Waals surface area contributed by atoms with Crippen LogP contribution in [0.5, 0.6) is 0 Å². The number of nitrogens with one attached hydrogen (secondary N) is 1. The molecule has 1 N–H and O–H groups in total. The number of hydrogen-bond acceptors (Lipinski definition) is 4. The summed E-state index contributed by atoms with van der Waals surface area (Å²) in [6.07, 6.45) is 4.10. The second-order valence-electron chi connectivity index (χ2n) is 12.1. The molecule has 0 aromatic heterocycles. The predicted octanol–water partition coefficient (Wildman–Crippen LogP) is 7.50. The van der Waals surface area contributed by atoms with Crippen molar-refractivity contribution < 1.29 is 18.0 Å². The van der Waals surface area contributed by atoms with Gasteiger partial charge in [-0.15, -0.1) is 0 Å². The Morgan fingerprint density at radius 1 is 0.809 bits per heavy atom. The van der Waals surface area contributed by atoms with Gasteiger partial charge in [0.1, 0.15) is 12.6 Å². The SMILES string of the molecule is Cc1ccc(S(=O)(=O)N(CC(=O)N(Cc2cccc(C)c2)[C@@H](Cc2ccccc2)C(=O)NC2CCCC2)c2ccc(Cl)c(Cl)c2)cc1. The minimum atomic E-state index is -4.25. The van der Waals surface area contributed by atoms with Crippen molar-refractivity contribution in [1.29, 1.82) is 0 Å². The summed E-state index contributed by atoms with van der Waals surface area (Å²) < 4.78 is 29.5. The third kappa shape index (κ3) is 8.74. The number of halogens is 2. The molecule has 1 saturated carbocycles. The number of rotatable bonds is 12. The number of amides is 2. The fourth-order valence-electron chi connectivity index (χ4n) is 5.94. The summed E-state index contributed by atoms with van der Waals surface area (Å²) in [5.41, 5.74) is 3.79. The Balaban J connectivity index is 1.58. The molecule has 0 spiro atoms. The topological polar surface area (TPSA) is 86.8 Å². The van der Waals surface area contributed by atoms with Crippen molar-refractivity contribution in [3.05, 3.63) is 129 Å². The summed E-state index contributed by atoms with van der Waals surface area (Å²) in [7, 11) is -4.25. The summed E-state index contributed by atoms with van der Waals surface area (Å²) >= 11 is 12.6. The average molecular weight is 693 g/mol. The minimum absolute atomic E-state index is 0.0204. The van der Waals surface area contributed by atoms with Gasteiger partial charge in [-0.1, -0.05) is 114 Å². The lowest BCUT2D eigenvalue weighted by atomic mass is 10.0. The average Bonchev–Trinajstić information content (AvgIpc) is 3.56. The molecule has 0 radical (unpaired) electrons. The maximum atomic E-state index is 14.7. The molecule has 0 saturated heterocycles. The van der Waals surface area contributed by atoms with Gasteiger partial charge in [0.25, 0.3) is 10.0 Å². The van der Waals surface area contributed by atoms with Crippen LogP contribution in [0.2, 0.25) is 10.0 Å². The van der Waals surface area contributed by atoms with Crippen LogP contribution in [0.25, 0.3) is 0 Å². The van der Waals surface area contributed by atoms with Crippen LogP contribution in [-0.4, -0.2) is 43.8 Å². The molecule has 246 valence electrons. The first-order valence-electron chi connectivity index (χ1n) is 15.7. The molecule has 1 fully saturated rings. The lowest BCUT2D eigenvalue weighted by Crippen LogP contribution is -2.54. The molecule has 7 nitrogen and oxygen atoms in total. The van der Waals surface area contributed by atoms with E-state index in [0.29, 0.717) is 0 Å². The Hall–Kier alpha value is -3.85. The van der Waals surface area contributed by atoms with Crippen LogP contribution in [0.3, 0.4) is 0 Å². The zero-order valence-corrected chi connectivity index (χ0v) is 28.9. The molecule has 0 unspecified atom stereocenters. The maximum absolute atomic E-state index is 14.7. The van der Waals surface area contributed by atoms with Crippen LogP contribution in [0.1, 0.15) is 47.9 Å². The molecule has 0 bridgehead atoms. The number of hydrogen-bond donors (Lipinski definition) is 1. The van der Waals surface area contributed by atoms with E-state index >= 15 is 0 Å². The first-order valence-corrected chi connectivity index (χ1v) is 17.9. The van der Waals surface area contributed by atoms with Gasteiger partial charge in [0.05, 0.1) is 20.6 Å². The molecule has 5 rings (SSSR count). The fourth-order valence-corrected chi connectivity index (χ4v) is 7.63. The lowest BCUT2D eigenvalue weighted by Gasteiger charge is -2.34. The fraction of sp³-hybridized carbons (Fsp3) is 0.297. The first kappa shape index (κ1) is 34.5. The largest absolute Gasteiger partial charge is 0.352 e. The number of benzene rings is 4. The van der Waals surface area contributed by atoms with E-state index in [1.54, 1.807) is 12.1 Å². The van der Waals surface area contributed by atoms with Gasteiger partial charge in [0.2, 0.25) is 11.8 Å². The molecule has 4 aromatic carbocycles. The van der Waals surface area contributed by atoms with Gasteiger partial charge >= 0.3 is 0 Å². The standard InChI is InChI=1S/C37H39Cl2N3O4S/c1-26-15-18-32(19-16-26)47(45,46)42(31-17-20-33(38)34(39)23-31)25-36(43)41(24-29-12-8-9-27(2)21-29)35(22-28-10-4-3-5-11-28)37(44)40-30-13-6-7-14-30/h3-5,8-12,15-21,23,30,35H,6-7,13-14,22,24-25H2,1-2H3,(H,40,44)/t35-/m0/s1. The number of carbonyl (C=O) groups is 2. The molecular weight excluding hydrogens is 653 g/mol. The van der Waals surface area contributed by atoms with Crippen LogP contribution in [0, 0.1) is 13.8 Å². The van der Waals surface area contributed by atoms with Crippen molar-refractivity contribution >= 4 is 50.7 Å². The summed E-state index contributed by atoms with van der Waals surface area (Å²) in [5, 5.41) is 3.60. The summed E-state index contributed by atoms with van der Waals surface area (Å²) in [6, 6.07) is 27.3. The Kier molecular flexibility index (Phi) is 11.3. The molecular formula is C37H39Cl2N3O4S. The molecule has 1 aliphatic rings. The summed E-state index contributed by atoms with van der Waals surface area (Å²) in [6.45, 7) is 3.37. The smallest absolute Gasteiger partial charge is 0.264 e. The molecule has 4 aromatic rings. The Labute approximate surface area is 287 Å². The predicted molar refractivity (Wildman–Crippen MR) is 188 cm³/mol. The molecule has 1 atom stereocenters. The zero-order chi connectivity index (χ0) is 33.6. The normalized spacial score (nSPS) is 14.0. The van der Waals surface area contributed by atoms with Crippen molar-refractivity contribution in [3.63, 3.8) is 0 Å². The van der Waals surface area contributed by atoms with E-state index in [2.05, 4.69) is 5.32 Å². The first-order chi connectivity index (χ1) is 22.5. The van der Waals surface area contributed by atoms with Gasteiger partial charge in [0.15, 0.2) is 0 Å². The molecule has 0 aliphatic heterocycles. The molecule has 47 heavy (non-hydrogen) atoms. The minimum Gasteiger partial charge on any atom is -0.352 e. The number of sulfonamides is 1. The van der Waals surface area contributed by atoms with Crippen LogP contribution in [-0.2, 0) is 32.6 Å². The van der Waals surface area contributed by atoms with Gasteiger partial charge in [-0.05, 0) is 68.1 Å². The number of nitrogens with zero attached hydrogens (tertiary/aromatic N) is 2. The van der Waals surface area contributed by atoms with E-state index in [0.717, 1.165) is 52.2 Å². The third-order valence-electron chi connectivity index (χ3n) is 8.49. The van der Waals surface area contributed by atoms with Gasteiger partial charge in [-0.3, -0.25) is 13.9 Å². The van der Waals surface area contributed by atoms with E-state index < -0.39 is 28.5 Å². The van der Waals surface area contributed by atoms with Gasteiger partial charge in [-0.25, -0.2) is 8.42 Å². The molecule has 1 aliphatic carbocycles. The monoisotopic (exact) mass is 691 g/mol. The van der Waals surface area contributed by atoms with E-state index in [1.807, 2.05) is 68.4 Å². The molecule has 0 heterocycles. The lowest BCUT2D eigenvalue weighted by molar-refractivity contribution is -0.140. The van der Waals surface area contributed by atoms with Crippen molar-refractivity contribution in [2.75, 3.05) is 10.8 Å². The summed E-state index contributed by atoms with van der Waals surface area (Å²) in [4.78, 5) is 30.3. The van der Waals surface area contributed by atoms with Gasteiger partial charge in [0, 0.05) is 19.0 Å². The second kappa shape index (κ2) is 15.4. The van der Waals surface area contributed by atoms with Crippen molar-refractivity contribution in [1.82, 2.24) is 10.2 Å². The van der Waals surface area contributed by atoms with Gasteiger partial charge < -0.3 is 10.2 Å². The van der Waals surface area contributed by atoms with E-state index in [4.69, 9.17) is 23.2 Å². The highest BCUT2D eigenvalue weighted by molar-refractivity contribution is 7.92. The van der Waals surface area contributed by atoms with Crippen LogP contribution < -0.4 is 9.62 Å². The van der Waals surface area contributed by atoms with Crippen LogP contribution in [0.15, 0.2) is 102 Å². The van der Waals surface area contributed by atoms with Crippen molar-refractivity contribution in [2.45, 2.75) is 69.5 Å². The highest BCUT2D eigenvalue weighted by Crippen LogP contribution is 2.31. The van der Waals surface area contributed by atoms with Crippen molar-refractivity contribution in [2.24, 2.45) is 0 Å². The van der Waals surface area contributed by atoms with E-state index in [-0.39, 0.29) is 45.5 Å². The number of aryl methyl sites for hydroxylation is 2. The summed E-state index contributed by atoms with van der Waals surface area (Å²) in [5.74, 6) is -0.792. The quantitative estimate of drug-likeness (QED) is 0.167. The number of carbonyl (C=O) groups excluding carboxylic acids is 2. The van der Waals surface area contributed by atoms with Gasteiger partial charge in [-0.2, -0.15) is 0 Å². The Bertz CT molecular complexity index is 1810. The molecule has 2 amide bonds. The Morgan fingerprint density at radius 2 is 1.49 bits per heavy atom. The number of anilines is 1.